The Morgan fingerprint density at radius 1 is 0.938 bits per heavy atom. The van der Waals surface area contributed by atoms with Gasteiger partial charge in [-0.3, -0.25) is 0 Å². The molecule has 16 heavy (non-hydrogen) atoms. The smallest absolute Gasteiger partial charge is 0.0465 e. The van der Waals surface area contributed by atoms with E-state index in [0.717, 1.165) is 0 Å². The molecule has 0 aliphatic heterocycles. The Morgan fingerprint density at radius 3 is 2.62 bits per heavy atom. The van der Waals surface area contributed by atoms with Gasteiger partial charge < -0.3 is 4.98 Å². The second-order valence-electron chi connectivity index (χ2n) is 3.77. The molecular formula is C14H10IN. The van der Waals surface area contributed by atoms with Gasteiger partial charge in [-0.05, 0) is 33.9 Å². The van der Waals surface area contributed by atoms with Crippen molar-refractivity contribution in [2.75, 3.05) is 0 Å². The van der Waals surface area contributed by atoms with Gasteiger partial charge in [-0.25, -0.2) is 0 Å². The first-order chi connectivity index (χ1) is 7.88. The van der Waals surface area contributed by atoms with Crippen molar-refractivity contribution >= 4 is 50.5 Å². The number of aromatic nitrogens is 1. The summed E-state index contributed by atoms with van der Waals surface area (Å²) in [6, 6.07) is 14.9. The lowest BCUT2D eigenvalue weighted by molar-refractivity contribution is 1.54. The Hall–Kier alpha value is -1.29. The third-order valence-electron chi connectivity index (χ3n) is 2.79. The fourth-order valence-electron chi connectivity index (χ4n) is 2.04. The number of benzene rings is 2. The Kier molecular flexibility index (Phi) is 2.44. The maximum absolute atomic E-state index is 3.42. The molecule has 1 nitrogen and oxygen atoms in total. The van der Waals surface area contributed by atoms with Crippen LogP contribution in [0.2, 0.25) is 0 Å². The first-order valence-corrected chi connectivity index (χ1v) is 6.40. The zero-order valence-corrected chi connectivity index (χ0v) is 10.7. The Labute approximate surface area is 107 Å². The number of fused-ring (bicyclic) bond motifs is 3. The van der Waals surface area contributed by atoms with Crippen LogP contribution in [0.5, 0.6) is 0 Å². The van der Waals surface area contributed by atoms with Gasteiger partial charge in [0, 0.05) is 21.8 Å². The van der Waals surface area contributed by atoms with E-state index in [9.17, 15) is 0 Å². The van der Waals surface area contributed by atoms with Gasteiger partial charge in [-0.1, -0.05) is 46.9 Å². The van der Waals surface area contributed by atoms with E-state index >= 15 is 0 Å². The minimum atomic E-state index is 1.20. The number of hydrogen-bond donors (Lipinski definition) is 1. The number of H-pyrrole nitrogens is 1. The zero-order valence-electron chi connectivity index (χ0n) is 8.57. The van der Waals surface area contributed by atoms with E-state index in [1.54, 1.807) is 0 Å². The second-order valence-corrected chi connectivity index (χ2v) is 4.49. The van der Waals surface area contributed by atoms with Crippen LogP contribution in [0.1, 0.15) is 5.56 Å². The number of rotatable bonds is 1. The quantitative estimate of drug-likeness (QED) is 0.624. The molecule has 0 amide bonds. The lowest BCUT2D eigenvalue weighted by Gasteiger charge is -1.94. The highest BCUT2D eigenvalue weighted by molar-refractivity contribution is 14.1. The third kappa shape index (κ3) is 1.53. The lowest BCUT2D eigenvalue weighted by atomic mass is 10.1. The van der Waals surface area contributed by atoms with Gasteiger partial charge >= 0.3 is 0 Å². The van der Waals surface area contributed by atoms with Crippen LogP contribution in [-0.2, 0) is 0 Å². The zero-order chi connectivity index (χ0) is 11.0. The van der Waals surface area contributed by atoms with Crippen LogP contribution in [0.4, 0.5) is 0 Å². The maximum Gasteiger partial charge on any atom is 0.0465 e. The van der Waals surface area contributed by atoms with E-state index in [1.807, 2.05) is 4.08 Å². The molecule has 0 unspecified atom stereocenters. The topological polar surface area (TPSA) is 15.8 Å². The molecule has 0 spiro atoms. The summed E-state index contributed by atoms with van der Waals surface area (Å²) >= 11 is 2.24. The monoisotopic (exact) mass is 319 g/mol. The van der Waals surface area contributed by atoms with Crippen LogP contribution in [0.3, 0.4) is 0 Å². The normalized spacial score (nSPS) is 11.8. The molecule has 0 aliphatic carbocycles. The number of hydrogen-bond acceptors (Lipinski definition) is 0. The summed E-state index contributed by atoms with van der Waals surface area (Å²) in [7, 11) is 0. The van der Waals surface area contributed by atoms with Crippen molar-refractivity contribution in [3.63, 3.8) is 0 Å². The van der Waals surface area contributed by atoms with Gasteiger partial charge in [0.15, 0.2) is 0 Å². The standard InChI is InChI=1S/C14H10IN/c15-8-7-10-5-6-14-12(9-10)11-3-1-2-4-13(11)16-14/h1-9,16H. The van der Waals surface area contributed by atoms with E-state index in [0.29, 0.717) is 0 Å². The van der Waals surface area contributed by atoms with Gasteiger partial charge in [0.25, 0.3) is 0 Å². The van der Waals surface area contributed by atoms with Crippen LogP contribution >= 0.6 is 22.6 Å². The van der Waals surface area contributed by atoms with Crippen LogP contribution in [0, 0.1) is 0 Å². The highest BCUT2D eigenvalue weighted by atomic mass is 127. The summed E-state index contributed by atoms with van der Waals surface area (Å²) in [4.78, 5) is 3.42. The molecular weight excluding hydrogens is 309 g/mol. The predicted molar refractivity (Wildman–Crippen MR) is 78.9 cm³/mol. The van der Waals surface area contributed by atoms with Crippen LogP contribution in [0.15, 0.2) is 46.5 Å². The molecule has 3 rings (SSSR count). The van der Waals surface area contributed by atoms with Crippen molar-refractivity contribution in [2.24, 2.45) is 0 Å². The van der Waals surface area contributed by atoms with Crippen LogP contribution in [0.25, 0.3) is 27.9 Å². The van der Waals surface area contributed by atoms with Crippen molar-refractivity contribution in [1.29, 1.82) is 0 Å². The first kappa shape index (κ1) is 9.90. The Morgan fingerprint density at radius 2 is 1.75 bits per heavy atom. The Balaban J connectivity index is 2.39. The fraction of sp³-hybridized carbons (Fsp3) is 0. The van der Waals surface area contributed by atoms with Gasteiger partial charge in [0.2, 0.25) is 0 Å². The third-order valence-corrected chi connectivity index (χ3v) is 3.15. The minimum Gasteiger partial charge on any atom is -0.355 e. The summed E-state index contributed by atoms with van der Waals surface area (Å²) in [5, 5.41) is 2.59. The summed E-state index contributed by atoms with van der Waals surface area (Å²) in [6.07, 6.45) is 2.11. The van der Waals surface area contributed by atoms with E-state index in [-0.39, 0.29) is 0 Å². The number of para-hydroxylation sites is 1. The molecule has 0 bridgehead atoms. The Bertz CT molecular complexity index is 679. The van der Waals surface area contributed by atoms with Crippen molar-refractivity contribution in [3.05, 3.63) is 52.1 Å². The first-order valence-electron chi connectivity index (χ1n) is 5.16. The van der Waals surface area contributed by atoms with Gasteiger partial charge in [0.05, 0.1) is 0 Å². The van der Waals surface area contributed by atoms with E-state index in [2.05, 4.69) is 76.1 Å². The molecule has 2 aromatic carbocycles. The molecule has 0 radical (unpaired) electrons. The van der Waals surface area contributed by atoms with Crippen LogP contribution in [-0.4, -0.2) is 4.98 Å². The molecule has 0 saturated heterocycles. The average molecular weight is 319 g/mol. The number of halogens is 1. The summed E-state index contributed by atoms with van der Waals surface area (Å²) in [6.45, 7) is 0. The van der Waals surface area contributed by atoms with Crippen molar-refractivity contribution < 1.29 is 0 Å². The van der Waals surface area contributed by atoms with Gasteiger partial charge in [0.1, 0.15) is 0 Å². The SMILES string of the molecule is IC=Cc1ccc2[nH]c3ccccc3c2c1. The van der Waals surface area contributed by atoms with Crippen LogP contribution < -0.4 is 0 Å². The molecule has 0 fully saturated rings. The van der Waals surface area contributed by atoms with Crippen molar-refractivity contribution in [3.8, 4) is 0 Å². The highest BCUT2D eigenvalue weighted by Crippen LogP contribution is 2.26. The van der Waals surface area contributed by atoms with Crippen molar-refractivity contribution in [1.82, 2.24) is 4.98 Å². The molecule has 0 aliphatic rings. The van der Waals surface area contributed by atoms with E-state index < -0.39 is 0 Å². The number of aromatic amines is 1. The molecule has 0 atom stereocenters. The van der Waals surface area contributed by atoms with Gasteiger partial charge in [-0.15, -0.1) is 0 Å². The predicted octanol–water partition coefficient (Wildman–Crippen LogP) is 4.73. The minimum absolute atomic E-state index is 1.20. The summed E-state index contributed by atoms with van der Waals surface area (Å²) < 4.78 is 2.04. The maximum atomic E-state index is 3.42. The number of nitrogens with one attached hydrogen (secondary N) is 1. The molecule has 2 heteroatoms. The van der Waals surface area contributed by atoms with E-state index in [1.165, 1.54) is 27.4 Å². The molecule has 3 aromatic rings. The molecule has 1 N–H and O–H groups in total. The summed E-state index contributed by atoms with van der Waals surface area (Å²) in [5.74, 6) is 0. The highest BCUT2D eigenvalue weighted by Gasteiger charge is 2.02. The fourth-order valence-corrected chi connectivity index (χ4v) is 2.46. The van der Waals surface area contributed by atoms with Crippen molar-refractivity contribution in [2.45, 2.75) is 0 Å². The molecule has 1 aromatic heterocycles. The molecule has 1 heterocycles. The molecule has 78 valence electrons. The second kappa shape index (κ2) is 3.94. The lowest BCUT2D eigenvalue weighted by Crippen LogP contribution is -1.71. The van der Waals surface area contributed by atoms with E-state index in [4.69, 9.17) is 0 Å². The van der Waals surface area contributed by atoms with Gasteiger partial charge in [-0.2, -0.15) is 0 Å². The molecule has 0 saturated carbocycles. The summed E-state index contributed by atoms with van der Waals surface area (Å²) in [5.41, 5.74) is 3.64. The average Bonchev–Trinajstić information content (AvgIpc) is 2.68. The largest absolute Gasteiger partial charge is 0.355 e.